The van der Waals surface area contributed by atoms with Crippen molar-refractivity contribution in [2.75, 3.05) is 6.54 Å². The van der Waals surface area contributed by atoms with E-state index in [9.17, 15) is 21.6 Å². The molecule has 0 amide bonds. The van der Waals surface area contributed by atoms with Crippen molar-refractivity contribution in [3.63, 3.8) is 0 Å². The van der Waals surface area contributed by atoms with Crippen LogP contribution in [0.4, 0.5) is 13.2 Å². The predicted molar refractivity (Wildman–Crippen MR) is 82.7 cm³/mol. The van der Waals surface area contributed by atoms with E-state index in [4.69, 9.17) is 0 Å². The summed E-state index contributed by atoms with van der Waals surface area (Å²) in [6.45, 7) is -1.53. The third-order valence-electron chi connectivity index (χ3n) is 3.28. The zero-order chi connectivity index (χ0) is 17.7. The van der Waals surface area contributed by atoms with Gasteiger partial charge in [0, 0.05) is 13.1 Å². The second-order valence-electron chi connectivity index (χ2n) is 4.89. The van der Waals surface area contributed by atoms with Crippen LogP contribution in [-0.2, 0) is 16.6 Å². The molecule has 8 heteroatoms. The molecule has 0 aliphatic carbocycles. The van der Waals surface area contributed by atoms with Crippen molar-refractivity contribution in [3.05, 3.63) is 59.9 Å². The minimum Gasteiger partial charge on any atom is -0.433 e. The standard InChI is InChI=1S/C16H16F3NO3S/c1-2-20(11-12-6-5-7-13(17)10-12)24(21,22)15-9-4-3-8-14(15)23-16(18)19/h3-10,16H,2,11H2,1H3. The van der Waals surface area contributed by atoms with Crippen LogP contribution in [0.3, 0.4) is 0 Å². The summed E-state index contributed by atoms with van der Waals surface area (Å²) in [6.07, 6.45) is 0. The Morgan fingerprint density at radius 1 is 1.12 bits per heavy atom. The van der Waals surface area contributed by atoms with Crippen molar-refractivity contribution in [2.24, 2.45) is 0 Å². The van der Waals surface area contributed by atoms with E-state index >= 15 is 0 Å². The molecule has 2 rings (SSSR count). The molecular weight excluding hydrogens is 343 g/mol. The van der Waals surface area contributed by atoms with E-state index in [0.29, 0.717) is 5.56 Å². The molecule has 0 aromatic heterocycles. The Bertz CT molecular complexity index is 797. The predicted octanol–water partition coefficient (Wildman–Crippen LogP) is 3.64. The minimum absolute atomic E-state index is 0.0837. The molecule has 0 heterocycles. The van der Waals surface area contributed by atoms with E-state index in [0.717, 1.165) is 10.4 Å². The van der Waals surface area contributed by atoms with E-state index in [1.54, 1.807) is 13.0 Å². The lowest BCUT2D eigenvalue weighted by Gasteiger charge is -2.22. The molecule has 24 heavy (non-hydrogen) atoms. The summed E-state index contributed by atoms with van der Waals surface area (Å²) < 4.78 is 69.1. The molecule has 0 saturated heterocycles. The zero-order valence-corrected chi connectivity index (χ0v) is 13.6. The highest BCUT2D eigenvalue weighted by Gasteiger charge is 2.27. The number of hydrogen-bond donors (Lipinski definition) is 0. The first-order chi connectivity index (χ1) is 11.3. The van der Waals surface area contributed by atoms with Crippen molar-refractivity contribution in [1.29, 1.82) is 0 Å². The second-order valence-corrected chi connectivity index (χ2v) is 6.79. The maximum Gasteiger partial charge on any atom is 0.387 e. The number of sulfonamides is 1. The lowest BCUT2D eigenvalue weighted by molar-refractivity contribution is -0.0517. The number of hydrogen-bond acceptors (Lipinski definition) is 3. The molecule has 0 atom stereocenters. The van der Waals surface area contributed by atoms with Crippen LogP contribution >= 0.6 is 0 Å². The number of halogens is 3. The summed E-state index contributed by atoms with van der Waals surface area (Å²) in [6, 6.07) is 10.7. The summed E-state index contributed by atoms with van der Waals surface area (Å²) in [5, 5.41) is 0. The highest BCUT2D eigenvalue weighted by atomic mass is 32.2. The molecule has 0 saturated carbocycles. The van der Waals surface area contributed by atoms with Crippen LogP contribution < -0.4 is 4.74 Å². The maximum absolute atomic E-state index is 13.3. The fourth-order valence-corrected chi connectivity index (χ4v) is 3.76. The van der Waals surface area contributed by atoms with Gasteiger partial charge >= 0.3 is 6.61 Å². The van der Waals surface area contributed by atoms with Crippen LogP contribution in [0.2, 0.25) is 0 Å². The first kappa shape index (κ1) is 18.3. The maximum atomic E-state index is 13.3. The summed E-state index contributed by atoms with van der Waals surface area (Å²) in [5.74, 6) is -0.910. The third-order valence-corrected chi connectivity index (χ3v) is 5.24. The quantitative estimate of drug-likeness (QED) is 0.758. The topological polar surface area (TPSA) is 46.6 Å². The van der Waals surface area contributed by atoms with Gasteiger partial charge in [-0.2, -0.15) is 13.1 Å². The Kier molecular flexibility index (Phi) is 5.84. The number of para-hydroxylation sites is 1. The lowest BCUT2D eigenvalue weighted by Crippen LogP contribution is -2.31. The Morgan fingerprint density at radius 2 is 1.83 bits per heavy atom. The highest BCUT2D eigenvalue weighted by Crippen LogP contribution is 2.28. The Labute approximate surface area is 138 Å². The summed E-state index contributed by atoms with van der Waals surface area (Å²) >= 11 is 0. The van der Waals surface area contributed by atoms with Gasteiger partial charge in [0.25, 0.3) is 0 Å². The largest absolute Gasteiger partial charge is 0.433 e. The number of rotatable bonds is 7. The van der Waals surface area contributed by atoms with Gasteiger partial charge in [0.2, 0.25) is 10.0 Å². The average molecular weight is 359 g/mol. The number of alkyl halides is 2. The van der Waals surface area contributed by atoms with Gasteiger partial charge in [0.15, 0.2) is 0 Å². The van der Waals surface area contributed by atoms with E-state index in [1.165, 1.54) is 36.4 Å². The molecule has 0 fully saturated rings. The Morgan fingerprint density at radius 3 is 2.46 bits per heavy atom. The number of nitrogens with zero attached hydrogens (tertiary/aromatic N) is 1. The van der Waals surface area contributed by atoms with Crippen LogP contribution in [0.15, 0.2) is 53.4 Å². The summed E-state index contributed by atoms with van der Waals surface area (Å²) in [7, 11) is -4.09. The van der Waals surface area contributed by atoms with Crippen LogP contribution in [-0.4, -0.2) is 25.9 Å². The summed E-state index contributed by atoms with van der Waals surface area (Å²) in [5.41, 5.74) is 0.452. The first-order valence-corrected chi connectivity index (χ1v) is 8.57. The lowest BCUT2D eigenvalue weighted by atomic mass is 10.2. The van der Waals surface area contributed by atoms with E-state index in [1.807, 2.05) is 0 Å². The van der Waals surface area contributed by atoms with Gasteiger partial charge in [-0.3, -0.25) is 0 Å². The minimum atomic E-state index is -4.09. The molecule has 0 N–H and O–H groups in total. The Balaban J connectivity index is 2.37. The Hall–Kier alpha value is -2.06. The smallest absolute Gasteiger partial charge is 0.387 e. The second kappa shape index (κ2) is 7.67. The van der Waals surface area contributed by atoms with Crippen molar-refractivity contribution in [2.45, 2.75) is 25.0 Å². The highest BCUT2D eigenvalue weighted by molar-refractivity contribution is 7.89. The molecule has 2 aromatic carbocycles. The SMILES string of the molecule is CCN(Cc1cccc(F)c1)S(=O)(=O)c1ccccc1OC(F)F. The van der Waals surface area contributed by atoms with Crippen molar-refractivity contribution >= 4 is 10.0 Å². The van der Waals surface area contributed by atoms with Crippen LogP contribution in [0, 0.1) is 5.82 Å². The van der Waals surface area contributed by atoms with Crippen LogP contribution in [0.25, 0.3) is 0 Å². The zero-order valence-electron chi connectivity index (χ0n) is 12.8. The molecule has 0 radical (unpaired) electrons. The number of ether oxygens (including phenoxy) is 1. The molecule has 130 valence electrons. The molecular formula is C16H16F3NO3S. The molecule has 0 aliphatic heterocycles. The fraction of sp³-hybridized carbons (Fsp3) is 0.250. The molecule has 4 nitrogen and oxygen atoms in total. The fourth-order valence-electron chi connectivity index (χ4n) is 2.20. The third kappa shape index (κ3) is 4.27. The van der Waals surface area contributed by atoms with Gasteiger partial charge in [-0.15, -0.1) is 0 Å². The first-order valence-electron chi connectivity index (χ1n) is 7.13. The van der Waals surface area contributed by atoms with Crippen molar-refractivity contribution in [1.82, 2.24) is 4.31 Å². The van der Waals surface area contributed by atoms with Crippen molar-refractivity contribution < 1.29 is 26.3 Å². The van der Waals surface area contributed by atoms with Gasteiger partial charge in [-0.05, 0) is 29.8 Å². The van der Waals surface area contributed by atoms with Gasteiger partial charge in [-0.25, -0.2) is 12.8 Å². The van der Waals surface area contributed by atoms with Crippen LogP contribution in [0.5, 0.6) is 5.75 Å². The molecule has 0 spiro atoms. The van der Waals surface area contributed by atoms with Gasteiger partial charge in [0.1, 0.15) is 16.5 Å². The normalized spacial score (nSPS) is 11.9. The molecule has 0 bridgehead atoms. The van der Waals surface area contributed by atoms with Crippen LogP contribution in [0.1, 0.15) is 12.5 Å². The van der Waals surface area contributed by atoms with E-state index in [2.05, 4.69) is 4.74 Å². The average Bonchev–Trinajstić information content (AvgIpc) is 2.52. The van der Waals surface area contributed by atoms with E-state index in [-0.39, 0.29) is 18.0 Å². The van der Waals surface area contributed by atoms with Gasteiger partial charge < -0.3 is 4.74 Å². The van der Waals surface area contributed by atoms with E-state index < -0.39 is 28.2 Å². The molecule has 0 aliphatic rings. The number of benzene rings is 2. The van der Waals surface area contributed by atoms with Crippen molar-refractivity contribution in [3.8, 4) is 5.75 Å². The molecule has 2 aromatic rings. The van der Waals surface area contributed by atoms with Gasteiger partial charge in [-0.1, -0.05) is 31.2 Å². The summed E-state index contributed by atoms with van der Waals surface area (Å²) in [4.78, 5) is -0.358. The molecule has 0 unspecified atom stereocenters. The monoisotopic (exact) mass is 359 g/mol. The van der Waals surface area contributed by atoms with Gasteiger partial charge in [0.05, 0.1) is 0 Å².